The predicted molar refractivity (Wildman–Crippen MR) is 121 cm³/mol. The van der Waals surface area contributed by atoms with Gasteiger partial charge < -0.3 is 9.72 Å². The highest BCUT2D eigenvalue weighted by Crippen LogP contribution is 2.37. The van der Waals surface area contributed by atoms with Gasteiger partial charge in [0, 0.05) is 47.9 Å². The molecule has 162 valence electrons. The number of nitro benzene ring substituents is 1. The van der Waals surface area contributed by atoms with Crippen LogP contribution in [-0.4, -0.2) is 32.7 Å². The van der Waals surface area contributed by atoms with Gasteiger partial charge in [0.15, 0.2) is 0 Å². The van der Waals surface area contributed by atoms with Crippen molar-refractivity contribution in [1.29, 1.82) is 0 Å². The first-order valence-corrected chi connectivity index (χ1v) is 10.6. The third-order valence-corrected chi connectivity index (χ3v) is 6.02. The van der Waals surface area contributed by atoms with E-state index in [0.717, 1.165) is 29.7 Å². The second-order valence-electron chi connectivity index (χ2n) is 7.74. The first-order chi connectivity index (χ1) is 15.5. The Kier molecular flexibility index (Phi) is 5.24. The van der Waals surface area contributed by atoms with Crippen molar-refractivity contribution in [2.75, 3.05) is 13.2 Å². The van der Waals surface area contributed by atoms with E-state index >= 15 is 0 Å². The third kappa shape index (κ3) is 3.68. The third-order valence-electron chi connectivity index (χ3n) is 5.77. The molecule has 2 aromatic carbocycles. The van der Waals surface area contributed by atoms with Crippen molar-refractivity contribution < 1.29 is 9.66 Å². The zero-order valence-corrected chi connectivity index (χ0v) is 17.7. The Morgan fingerprint density at radius 2 is 1.72 bits per heavy atom. The molecule has 0 bridgehead atoms. The number of rotatable bonds is 4. The highest BCUT2D eigenvalue weighted by atomic mass is 35.5. The number of nitrogens with one attached hydrogen (secondary N) is 1. The zero-order valence-electron chi connectivity index (χ0n) is 17.0. The molecule has 1 aliphatic rings. The SMILES string of the molecule is O=c1cc(-c2ccc([N+](=O)[O-])cc2)[nH]c2c(-c3ccc(Cl)cc3)c(C3CCOCC3)nn12. The fourth-order valence-electron chi connectivity index (χ4n) is 4.13. The molecule has 8 nitrogen and oxygen atoms in total. The molecule has 0 radical (unpaired) electrons. The molecule has 0 unspecified atom stereocenters. The van der Waals surface area contributed by atoms with Crippen LogP contribution in [0.25, 0.3) is 28.0 Å². The van der Waals surface area contributed by atoms with Crippen molar-refractivity contribution in [3.05, 3.63) is 85.8 Å². The maximum absolute atomic E-state index is 13.0. The van der Waals surface area contributed by atoms with Crippen molar-refractivity contribution >= 4 is 22.9 Å². The molecule has 2 aromatic heterocycles. The van der Waals surface area contributed by atoms with E-state index in [0.29, 0.717) is 35.1 Å². The lowest BCUT2D eigenvalue weighted by Gasteiger charge is -2.21. The molecule has 1 aliphatic heterocycles. The lowest BCUT2D eigenvalue weighted by Crippen LogP contribution is -2.17. The van der Waals surface area contributed by atoms with Crippen LogP contribution in [0.4, 0.5) is 5.69 Å². The van der Waals surface area contributed by atoms with E-state index < -0.39 is 4.92 Å². The fraction of sp³-hybridized carbons (Fsp3) is 0.217. The number of nitrogens with zero attached hydrogens (tertiary/aromatic N) is 3. The molecule has 32 heavy (non-hydrogen) atoms. The van der Waals surface area contributed by atoms with Crippen molar-refractivity contribution in [2.45, 2.75) is 18.8 Å². The first kappa shape index (κ1) is 20.4. The number of nitro groups is 1. The molecular formula is C23H19ClN4O4. The van der Waals surface area contributed by atoms with Gasteiger partial charge in [0.05, 0.1) is 16.3 Å². The number of aromatic amines is 1. The number of fused-ring (bicyclic) bond motifs is 1. The van der Waals surface area contributed by atoms with E-state index in [4.69, 9.17) is 21.4 Å². The summed E-state index contributed by atoms with van der Waals surface area (Å²) in [7, 11) is 0. The Balaban J connectivity index is 1.72. The van der Waals surface area contributed by atoms with Crippen LogP contribution < -0.4 is 5.56 Å². The average molecular weight is 451 g/mol. The monoisotopic (exact) mass is 450 g/mol. The summed E-state index contributed by atoms with van der Waals surface area (Å²) in [6.07, 6.45) is 1.65. The highest BCUT2D eigenvalue weighted by molar-refractivity contribution is 6.30. The Labute approximate surface area is 187 Å². The minimum absolute atomic E-state index is 0.00909. The Bertz CT molecular complexity index is 1350. The van der Waals surface area contributed by atoms with Crippen LogP contribution in [0.3, 0.4) is 0 Å². The Hall–Kier alpha value is -3.49. The highest BCUT2D eigenvalue weighted by Gasteiger charge is 2.26. The van der Waals surface area contributed by atoms with Gasteiger partial charge in [-0.05, 0) is 48.2 Å². The van der Waals surface area contributed by atoms with E-state index in [1.807, 2.05) is 24.3 Å². The number of ether oxygens (including phenoxy) is 1. The topological polar surface area (TPSA) is 103 Å². The summed E-state index contributed by atoms with van der Waals surface area (Å²) in [6.45, 7) is 1.31. The number of aromatic nitrogens is 3. The van der Waals surface area contributed by atoms with Gasteiger partial charge in [-0.25, -0.2) is 0 Å². The molecule has 5 rings (SSSR count). The standard InChI is InChI=1S/C23H19ClN4O4/c24-17-5-1-15(2-6-17)21-22(16-9-11-32-12-10-16)26-27-20(29)13-19(25-23(21)27)14-3-7-18(8-4-14)28(30)31/h1-8,13,16,25H,9-12H2. The number of non-ortho nitro benzene ring substituents is 1. The number of benzene rings is 2. The van der Waals surface area contributed by atoms with Gasteiger partial charge in [-0.2, -0.15) is 9.61 Å². The average Bonchev–Trinajstić information content (AvgIpc) is 3.20. The van der Waals surface area contributed by atoms with Gasteiger partial charge in [0.2, 0.25) is 0 Å². The molecular weight excluding hydrogens is 432 g/mol. The molecule has 1 N–H and O–H groups in total. The van der Waals surface area contributed by atoms with Crippen molar-refractivity contribution in [3.8, 4) is 22.4 Å². The van der Waals surface area contributed by atoms with E-state index in [2.05, 4.69) is 4.98 Å². The minimum atomic E-state index is -0.453. The number of hydrogen-bond donors (Lipinski definition) is 1. The van der Waals surface area contributed by atoms with Crippen LogP contribution in [0, 0.1) is 10.1 Å². The maximum atomic E-state index is 13.0. The van der Waals surface area contributed by atoms with E-state index in [1.54, 1.807) is 12.1 Å². The Morgan fingerprint density at radius 3 is 2.38 bits per heavy atom. The predicted octanol–water partition coefficient (Wildman–Crippen LogP) is 4.81. The van der Waals surface area contributed by atoms with Crippen LogP contribution >= 0.6 is 11.6 Å². The molecule has 1 fully saturated rings. The van der Waals surface area contributed by atoms with Crippen molar-refractivity contribution in [2.24, 2.45) is 0 Å². The summed E-state index contributed by atoms with van der Waals surface area (Å²) in [5.41, 5.74) is 4.14. The molecule has 0 atom stereocenters. The zero-order chi connectivity index (χ0) is 22.2. The van der Waals surface area contributed by atoms with Crippen LogP contribution in [0.1, 0.15) is 24.5 Å². The van der Waals surface area contributed by atoms with E-state index in [1.165, 1.54) is 22.7 Å². The van der Waals surface area contributed by atoms with Crippen LogP contribution in [0.5, 0.6) is 0 Å². The van der Waals surface area contributed by atoms with Gasteiger partial charge in [-0.15, -0.1) is 0 Å². The van der Waals surface area contributed by atoms with Crippen LogP contribution in [0.15, 0.2) is 59.4 Å². The fourth-order valence-corrected chi connectivity index (χ4v) is 4.26. The summed E-state index contributed by atoms with van der Waals surface area (Å²) in [5.74, 6) is 0.171. The Morgan fingerprint density at radius 1 is 1.06 bits per heavy atom. The molecule has 0 amide bonds. The quantitative estimate of drug-likeness (QED) is 0.355. The van der Waals surface area contributed by atoms with Crippen molar-refractivity contribution in [1.82, 2.24) is 14.6 Å². The number of halogens is 1. The summed E-state index contributed by atoms with van der Waals surface area (Å²) >= 11 is 6.10. The number of H-pyrrole nitrogens is 1. The molecule has 3 heterocycles. The summed E-state index contributed by atoms with van der Waals surface area (Å²) < 4.78 is 6.91. The molecule has 4 aromatic rings. The lowest BCUT2D eigenvalue weighted by molar-refractivity contribution is -0.384. The smallest absolute Gasteiger partial charge is 0.274 e. The van der Waals surface area contributed by atoms with Gasteiger partial charge in [0.1, 0.15) is 5.65 Å². The molecule has 1 saturated heterocycles. The molecule has 9 heteroatoms. The molecule has 0 aliphatic carbocycles. The van der Waals surface area contributed by atoms with Gasteiger partial charge >= 0.3 is 0 Å². The van der Waals surface area contributed by atoms with Crippen molar-refractivity contribution in [3.63, 3.8) is 0 Å². The second-order valence-corrected chi connectivity index (χ2v) is 8.18. The van der Waals surface area contributed by atoms with E-state index in [-0.39, 0.29) is 17.2 Å². The maximum Gasteiger partial charge on any atom is 0.274 e. The minimum Gasteiger partial charge on any atom is -0.381 e. The van der Waals surface area contributed by atoms with Gasteiger partial charge in [-0.3, -0.25) is 14.9 Å². The normalized spacial score (nSPS) is 14.7. The first-order valence-electron chi connectivity index (χ1n) is 10.3. The lowest BCUT2D eigenvalue weighted by atomic mass is 9.91. The number of hydrogen-bond acceptors (Lipinski definition) is 5. The van der Waals surface area contributed by atoms with Crippen LogP contribution in [-0.2, 0) is 4.74 Å². The van der Waals surface area contributed by atoms with Gasteiger partial charge in [0.25, 0.3) is 11.2 Å². The van der Waals surface area contributed by atoms with E-state index in [9.17, 15) is 14.9 Å². The van der Waals surface area contributed by atoms with Gasteiger partial charge in [-0.1, -0.05) is 23.7 Å². The van der Waals surface area contributed by atoms with Crippen LogP contribution in [0.2, 0.25) is 5.02 Å². The summed E-state index contributed by atoms with van der Waals surface area (Å²) in [4.78, 5) is 26.9. The summed E-state index contributed by atoms with van der Waals surface area (Å²) in [5, 5.41) is 16.3. The molecule has 0 saturated carbocycles. The largest absolute Gasteiger partial charge is 0.381 e. The molecule has 0 spiro atoms. The summed E-state index contributed by atoms with van der Waals surface area (Å²) in [6, 6.07) is 15.0. The second kappa shape index (κ2) is 8.22.